The van der Waals surface area contributed by atoms with Crippen LogP contribution in [0.15, 0.2) is 36.9 Å². The van der Waals surface area contributed by atoms with Crippen LogP contribution >= 0.6 is 0 Å². The average molecular weight is 632 g/mol. The molecule has 0 radical (unpaired) electrons. The summed E-state index contributed by atoms with van der Waals surface area (Å²) in [5.74, 6) is 3.83. The van der Waals surface area contributed by atoms with Crippen molar-refractivity contribution in [2.45, 2.75) is 51.4 Å². The van der Waals surface area contributed by atoms with Crippen molar-refractivity contribution >= 4 is 28.6 Å². The van der Waals surface area contributed by atoms with Crippen LogP contribution in [0.4, 0.5) is 11.8 Å². The minimum Gasteiger partial charge on any atom is -0.486 e. The number of rotatable bonds is 11. The topological polar surface area (TPSA) is 142 Å². The van der Waals surface area contributed by atoms with Crippen LogP contribution in [-0.2, 0) is 23.2 Å². The van der Waals surface area contributed by atoms with Gasteiger partial charge in [0.25, 0.3) is 5.91 Å². The molecule has 4 aromatic rings. The molecule has 2 fully saturated rings. The van der Waals surface area contributed by atoms with Gasteiger partial charge in [-0.15, -0.1) is 0 Å². The lowest BCUT2D eigenvalue weighted by Crippen LogP contribution is -2.37. The van der Waals surface area contributed by atoms with Crippen molar-refractivity contribution in [3.8, 4) is 17.4 Å². The number of hydrogen-bond donors (Lipinski definition) is 1. The van der Waals surface area contributed by atoms with Crippen molar-refractivity contribution in [2.24, 2.45) is 7.05 Å². The summed E-state index contributed by atoms with van der Waals surface area (Å²) in [4.78, 5) is 38.3. The van der Waals surface area contributed by atoms with Crippen LogP contribution < -0.4 is 24.4 Å². The number of pyridine rings is 2. The molecular formula is C32H41N9O5. The number of hydrogen-bond acceptors (Lipinski definition) is 12. The Hall–Kier alpha value is -4.72. The number of carbonyl (C=O) groups excluding carboxylic acids is 1. The van der Waals surface area contributed by atoms with Crippen molar-refractivity contribution in [2.75, 3.05) is 57.2 Å². The molecule has 0 spiro atoms. The lowest BCUT2D eigenvalue weighted by molar-refractivity contribution is -0.130. The molecule has 1 saturated heterocycles. The van der Waals surface area contributed by atoms with Crippen LogP contribution in [0, 0.1) is 6.92 Å². The molecule has 0 bridgehead atoms. The van der Waals surface area contributed by atoms with Crippen LogP contribution in [0.1, 0.15) is 37.2 Å². The molecule has 0 aromatic carbocycles. The quantitative estimate of drug-likeness (QED) is 0.260. The second-order valence-electron chi connectivity index (χ2n) is 11.8. The van der Waals surface area contributed by atoms with Gasteiger partial charge in [-0.25, -0.2) is 15.0 Å². The number of aryl methyl sites for hydroxylation is 1. The lowest BCUT2D eigenvalue weighted by atomic mass is 9.93. The van der Waals surface area contributed by atoms with E-state index >= 15 is 0 Å². The first kappa shape index (κ1) is 31.3. The molecule has 0 unspecified atom stereocenters. The SMILES string of the molecule is Cc1ncc(COc2cnc3cc(N4CCOCC4)nc(OC4CCC(Nc5ncc(OCC(=O)N(C)C)cn5)CC4)c3c2)n1C. The summed E-state index contributed by atoms with van der Waals surface area (Å²) in [5.41, 5.74) is 1.78. The number of fused-ring (bicyclic) bond motifs is 1. The molecule has 2 aliphatic rings. The highest BCUT2D eigenvalue weighted by Gasteiger charge is 2.25. The maximum atomic E-state index is 11.8. The van der Waals surface area contributed by atoms with Crippen molar-refractivity contribution in [3.05, 3.63) is 48.4 Å². The largest absolute Gasteiger partial charge is 0.486 e. The molecule has 1 aliphatic carbocycles. The third-order valence-electron chi connectivity index (χ3n) is 8.42. The van der Waals surface area contributed by atoms with E-state index in [-0.39, 0.29) is 24.7 Å². The van der Waals surface area contributed by atoms with Gasteiger partial charge in [-0.05, 0) is 38.7 Å². The summed E-state index contributed by atoms with van der Waals surface area (Å²) >= 11 is 0. The number of nitrogens with zero attached hydrogens (tertiary/aromatic N) is 8. The van der Waals surface area contributed by atoms with Gasteiger partial charge in [0.2, 0.25) is 11.8 Å². The monoisotopic (exact) mass is 631 g/mol. The van der Waals surface area contributed by atoms with E-state index in [1.807, 2.05) is 36.9 Å². The highest BCUT2D eigenvalue weighted by Crippen LogP contribution is 2.33. The van der Waals surface area contributed by atoms with Crippen molar-refractivity contribution in [1.29, 1.82) is 0 Å². The van der Waals surface area contributed by atoms with Gasteiger partial charge >= 0.3 is 0 Å². The van der Waals surface area contributed by atoms with Gasteiger partial charge in [0, 0.05) is 46.3 Å². The minimum atomic E-state index is -0.127. The number of likely N-dealkylation sites (N-methyl/N-ethyl adjacent to an activating group) is 1. The smallest absolute Gasteiger partial charge is 0.259 e. The summed E-state index contributed by atoms with van der Waals surface area (Å²) in [7, 11) is 5.35. The standard InChI is InChI=1S/C32H41N9O5/c1-21-33-15-23(40(21)4)19-44-25-13-27-28(34-16-25)14-29(41-9-11-43-12-10-41)38-31(27)46-24-7-5-22(6-8-24)37-32-35-17-26(18-36-32)45-20-30(42)39(2)3/h13-18,22,24H,5-12,19-20H2,1-4H3,(H,35,36,37). The number of morpholine rings is 1. The number of anilines is 2. The van der Waals surface area contributed by atoms with Crippen LogP contribution in [-0.4, -0.2) is 99.4 Å². The number of nitrogens with one attached hydrogen (secondary N) is 1. The van der Waals surface area contributed by atoms with Crippen LogP contribution in [0.2, 0.25) is 0 Å². The Bertz CT molecular complexity index is 1630. The summed E-state index contributed by atoms with van der Waals surface area (Å²) in [6, 6.07) is 4.19. The molecule has 14 heteroatoms. The van der Waals surface area contributed by atoms with E-state index in [1.54, 1.807) is 32.7 Å². The molecule has 1 N–H and O–H groups in total. The summed E-state index contributed by atoms with van der Waals surface area (Å²) in [6.07, 6.45) is 10.2. The van der Waals surface area contributed by atoms with E-state index in [4.69, 9.17) is 28.9 Å². The van der Waals surface area contributed by atoms with Crippen molar-refractivity contribution in [3.63, 3.8) is 0 Å². The molecular weight excluding hydrogens is 590 g/mol. The number of aromatic nitrogens is 6. The molecule has 1 amide bonds. The Balaban J connectivity index is 1.11. The van der Waals surface area contributed by atoms with Crippen LogP contribution in [0.3, 0.4) is 0 Å². The molecule has 1 aliphatic heterocycles. The number of carbonyl (C=O) groups is 1. The second-order valence-corrected chi connectivity index (χ2v) is 11.8. The predicted molar refractivity (Wildman–Crippen MR) is 171 cm³/mol. The zero-order valence-electron chi connectivity index (χ0n) is 26.8. The van der Waals surface area contributed by atoms with E-state index in [0.717, 1.165) is 67.0 Å². The maximum absolute atomic E-state index is 11.8. The number of ether oxygens (including phenoxy) is 4. The van der Waals surface area contributed by atoms with Crippen molar-refractivity contribution in [1.82, 2.24) is 34.4 Å². The van der Waals surface area contributed by atoms with E-state index in [9.17, 15) is 4.79 Å². The fourth-order valence-corrected chi connectivity index (χ4v) is 5.43. The van der Waals surface area contributed by atoms with E-state index in [1.165, 1.54) is 4.90 Å². The molecule has 46 heavy (non-hydrogen) atoms. The number of amides is 1. The molecule has 0 atom stereocenters. The average Bonchev–Trinajstić information content (AvgIpc) is 3.40. The Labute approximate surface area is 268 Å². The highest BCUT2D eigenvalue weighted by atomic mass is 16.5. The zero-order chi connectivity index (χ0) is 32.0. The second kappa shape index (κ2) is 14.1. The van der Waals surface area contributed by atoms with Gasteiger partial charge in [-0.2, -0.15) is 4.98 Å². The minimum absolute atomic E-state index is 0.00149. The van der Waals surface area contributed by atoms with Crippen molar-refractivity contribution < 1.29 is 23.7 Å². The van der Waals surface area contributed by atoms with Gasteiger partial charge < -0.3 is 38.6 Å². The summed E-state index contributed by atoms with van der Waals surface area (Å²) < 4.78 is 25.8. The van der Waals surface area contributed by atoms with E-state index in [0.29, 0.717) is 43.1 Å². The van der Waals surface area contributed by atoms with Gasteiger partial charge in [0.05, 0.1) is 54.6 Å². The first-order valence-corrected chi connectivity index (χ1v) is 15.6. The molecule has 4 aromatic heterocycles. The first-order valence-electron chi connectivity index (χ1n) is 15.6. The fraction of sp³-hybridized carbons (Fsp3) is 0.500. The molecule has 1 saturated carbocycles. The molecule has 6 rings (SSSR count). The van der Waals surface area contributed by atoms with E-state index in [2.05, 4.69) is 25.2 Å². The highest BCUT2D eigenvalue weighted by molar-refractivity contribution is 5.87. The Morgan fingerprint density at radius 1 is 0.978 bits per heavy atom. The molecule has 14 nitrogen and oxygen atoms in total. The van der Waals surface area contributed by atoms with E-state index < -0.39 is 0 Å². The lowest BCUT2D eigenvalue weighted by Gasteiger charge is -2.31. The zero-order valence-corrected chi connectivity index (χ0v) is 26.8. The number of imidazole rings is 1. The van der Waals surface area contributed by atoms with Gasteiger partial charge in [0.1, 0.15) is 30.1 Å². The fourth-order valence-electron chi connectivity index (χ4n) is 5.43. The Morgan fingerprint density at radius 2 is 1.72 bits per heavy atom. The van der Waals surface area contributed by atoms with Gasteiger partial charge in [0.15, 0.2) is 12.4 Å². The summed E-state index contributed by atoms with van der Waals surface area (Å²) in [5, 5.41) is 4.24. The Morgan fingerprint density at radius 3 is 2.41 bits per heavy atom. The van der Waals surface area contributed by atoms with Gasteiger partial charge in [-0.1, -0.05) is 0 Å². The normalized spacial score (nSPS) is 18.3. The summed E-state index contributed by atoms with van der Waals surface area (Å²) in [6.45, 7) is 5.15. The first-order chi connectivity index (χ1) is 22.3. The van der Waals surface area contributed by atoms with Gasteiger partial charge in [-0.3, -0.25) is 9.78 Å². The third-order valence-corrected chi connectivity index (χ3v) is 8.42. The third kappa shape index (κ3) is 7.56. The van der Waals surface area contributed by atoms with Crippen LogP contribution in [0.5, 0.6) is 17.4 Å². The molecule has 5 heterocycles. The van der Waals surface area contributed by atoms with Crippen LogP contribution in [0.25, 0.3) is 10.9 Å². The Kier molecular flexibility index (Phi) is 9.62. The molecule has 244 valence electrons. The predicted octanol–water partition coefficient (Wildman–Crippen LogP) is 3.15. The maximum Gasteiger partial charge on any atom is 0.259 e.